The SMILES string of the molecule is CC1CCCC(NC(=O)CCCCO)C1. The molecule has 0 aromatic carbocycles. The highest BCUT2D eigenvalue weighted by atomic mass is 16.2. The molecule has 2 N–H and O–H groups in total. The molecule has 0 aromatic heterocycles. The maximum absolute atomic E-state index is 11.5. The number of unbranched alkanes of at least 4 members (excludes halogenated alkanes) is 1. The van der Waals surface area contributed by atoms with Crippen LogP contribution in [-0.4, -0.2) is 23.7 Å². The van der Waals surface area contributed by atoms with Crippen molar-refractivity contribution >= 4 is 5.91 Å². The molecule has 0 radical (unpaired) electrons. The van der Waals surface area contributed by atoms with E-state index in [1.165, 1.54) is 12.8 Å². The average molecular weight is 213 g/mol. The number of carbonyl (C=O) groups excluding carboxylic acids is 1. The molecule has 1 saturated carbocycles. The van der Waals surface area contributed by atoms with Crippen LogP contribution in [0.5, 0.6) is 0 Å². The van der Waals surface area contributed by atoms with Crippen molar-refractivity contribution in [1.29, 1.82) is 0 Å². The van der Waals surface area contributed by atoms with Crippen LogP contribution in [0.15, 0.2) is 0 Å². The fourth-order valence-corrected chi connectivity index (χ4v) is 2.26. The number of amides is 1. The second-order valence-corrected chi connectivity index (χ2v) is 4.72. The maximum atomic E-state index is 11.5. The predicted molar refractivity (Wildman–Crippen MR) is 60.5 cm³/mol. The van der Waals surface area contributed by atoms with Crippen LogP contribution in [0.2, 0.25) is 0 Å². The van der Waals surface area contributed by atoms with E-state index >= 15 is 0 Å². The van der Waals surface area contributed by atoms with Crippen LogP contribution in [0.1, 0.15) is 51.9 Å². The molecule has 1 amide bonds. The summed E-state index contributed by atoms with van der Waals surface area (Å²) in [5, 5.41) is 11.7. The number of rotatable bonds is 5. The Morgan fingerprint density at radius 2 is 2.20 bits per heavy atom. The molecule has 2 unspecified atom stereocenters. The normalized spacial score (nSPS) is 26.3. The Morgan fingerprint density at radius 3 is 2.87 bits per heavy atom. The first-order chi connectivity index (χ1) is 7.22. The van der Waals surface area contributed by atoms with Crippen LogP contribution in [-0.2, 0) is 4.79 Å². The zero-order valence-corrected chi connectivity index (χ0v) is 9.67. The van der Waals surface area contributed by atoms with Gasteiger partial charge in [-0.25, -0.2) is 0 Å². The third-order valence-electron chi connectivity index (χ3n) is 3.11. The number of aliphatic hydroxyl groups is 1. The topological polar surface area (TPSA) is 49.3 Å². The molecule has 0 spiro atoms. The molecule has 0 saturated heterocycles. The Bertz CT molecular complexity index is 194. The third-order valence-corrected chi connectivity index (χ3v) is 3.11. The van der Waals surface area contributed by atoms with E-state index in [4.69, 9.17) is 5.11 Å². The van der Waals surface area contributed by atoms with Crippen LogP contribution in [0.4, 0.5) is 0 Å². The standard InChI is InChI=1S/C12H23NO2/c1-10-5-4-6-11(9-10)13-12(15)7-2-3-8-14/h10-11,14H,2-9H2,1H3,(H,13,15). The molecule has 0 aromatic rings. The minimum atomic E-state index is 0.155. The second kappa shape index (κ2) is 6.83. The minimum Gasteiger partial charge on any atom is -0.396 e. The molecule has 1 rings (SSSR count). The van der Waals surface area contributed by atoms with E-state index < -0.39 is 0 Å². The number of hydrogen-bond acceptors (Lipinski definition) is 2. The summed E-state index contributed by atoms with van der Waals surface area (Å²) in [5.74, 6) is 0.907. The van der Waals surface area contributed by atoms with Crippen LogP contribution in [0.3, 0.4) is 0 Å². The van der Waals surface area contributed by atoms with Crippen molar-refractivity contribution in [3.8, 4) is 0 Å². The number of carbonyl (C=O) groups is 1. The molecule has 1 aliphatic carbocycles. The number of aliphatic hydroxyl groups excluding tert-OH is 1. The Labute approximate surface area is 92.3 Å². The Morgan fingerprint density at radius 1 is 1.40 bits per heavy atom. The van der Waals surface area contributed by atoms with Crippen molar-refractivity contribution in [3.05, 3.63) is 0 Å². The first-order valence-electron chi connectivity index (χ1n) is 6.12. The first-order valence-corrected chi connectivity index (χ1v) is 6.12. The highest BCUT2D eigenvalue weighted by Gasteiger charge is 2.19. The van der Waals surface area contributed by atoms with Gasteiger partial charge in [0, 0.05) is 19.1 Å². The number of hydrogen-bond donors (Lipinski definition) is 2. The van der Waals surface area contributed by atoms with Gasteiger partial charge in [0.2, 0.25) is 5.91 Å². The van der Waals surface area contributed by atoms with E-state index in [0.29, 0.717) is 12.5 Å². The van der Waals surface area contributed by atoms with Gasteiger partial charge in [-0.1, -0.05) is 19.8 Å². The van der Waals surface area contributed by atoms with Crippen LogP contribution >= 0.6 is 0 Å². The van der Waals surface area contributed by atoms with Crippen molar-refractivity contribution in [3.63, 3.8) is 0 Å². The first kappa shape index (κ1) is 12.5. The molecule has 3 nitrogen and oxygen atoms in total. The summed E-state index contributed by atoms with van der Waals surface area (Å²) in [5.41, 5.74) is 0. The lowest BCUT2D eigenvalue weighted by Crippen LogP contribution is -2.37. The van der Waals surface area contributed by atoms with Crippen molar-refractivity contribution < 1.29 is 9.90 Å². The molecular weight excluding hydrogens is 190 g/mol. The van der Waals surface area contributed by atoms with Gasteiger partial charge in [0.15, 0.2) is 0 Å². The molecule has 88 valence electrons. The summed E-state index contributed by atoms with van der Waals surface area (Å²) >= 11 is 0. The van der Waals surface area contributed by atoms with Gasteiger partial charge >= 0.3 is 0 Å². The molecule has 1 aliphatic rings. The van der Waals surface area contributed by atoms with E-state index in [-0.39, 0.29) is 12.5 Å². The fourth-order valence-electron chi connectivity index (χ4n) is 2.26. The lowest BCUT2D eigenvalue weighted by Gasteiger charge is -2.27. The molecule has 3 heteroatoms. The highest BCUT2D eigenvalue weighted by molar-refractivity contribution is 5.76. The Hall–Kier alpha value is -0.570. The Kier molecular flexibility index (Phi) is 5.69. The van der Waals surface area contributed by atoms with Crippen LogP contribution < -0.4 is 5.32 Å². The van der Waals surface area contributed by atoms with Crippen LogP contribution in [0.25, 0.3) is 0 Å². The number of nitrogens with one attached hydrogen (secondary N) is 1. The van der Waals surface area contributed by atoms with Gasteiger partial charge < -0.3 is 10.4 Å². The summed E-state index contributed by atoms with van der Waals surface area (Å²) in [6.45, 7) is 2.44. The molecule has 0 heterocycles. The largest absolute Gasteiger partial charge is 0.396 e. The van der Waals surface area contributed by atoms with E-state index in [2.05, 4.69) is 12.2 Å². The van der Waals surface area contributed by atoms with Gasteiger partial charge in [-0.15, -0.1) is 0 Å². The van der Waals surface area contributed by atoms with E-state index in [0.717, 1.165) is 31.6 Å². The molecule has 0 aliphatic heterocycles. The van der Waals surface area contributed by atoms with E-state index in [1.807, 2.05) is 0 Å². The Balaban J connectivity index is 2.13. The van der Waals surface area contributed by atoms with Crippen molar-refractivity contribution in [2.75, 3.05) is 6.61 Å². The van der Waals surface area contributed by atoms with Crippen molar-refractivity contribution in [2.45, 2.75) is 57.9 Å². The molecule has 2 atom stereocenters. The summed E-state index contributed by atoms with van der Waals surface area (Å²) in [4.78, 5) is 11.5. The fraction of sp³-hybridized carbons (Fsp3) is 0.917. The third kappa shape index (κ3) is 5.17. The molecule has 15 heavy (non-hydrogen) atoms. The summed E-state index contributed by atoms with van der Waals surface area (Å²) < 4.78 is 0. The molecule has 0 bridgehead atoms. The van der Waals surface area contributed by atoms with Gasteiger partial charge in [0.25, 0.3) is 0 Å². The van der Waals surface area contributed by atoms with Gasteiger partial charge in [0.1, 0.15) is 0 Å². The van der Waals surface area contributed by atoms with E-state index in [1.54, 1.807) is 0 Å². The second-order valence-electron chi connectivity index (χ2n) is 4.72. The zero-order valence-electron chi connectivity index (χ0n) is 9.67. The lowest BCUT2D eigenvalue weighted by molar-refractivity contribution is -0.122. The average Bonchev–Trinajstić information content (AvgIpc) is 2.18. The van der Waals surface area contributed by atoms with Crippen molar-refractivity contribution in [2.24, 2.45) is 5.92 Å². The lowest BCUT2D eigenvalue weighted by atomic mass is 9.87. The van der Waals surface area contributed by atoms with Gasteiger partial charge in [-0.2, -0.15) is 0 Å². The summed E-state index contributed by atoms with van der Waals surface area (Å²) in [7, 11) is 0. The molecule has 1 fully saturated rings. The summed E-state index contributed by atoms with van der Waals surface area (Å²) in [6.07, 6.45) is 6.89. The zero-order chi connectivity index (χ0) is 11.1. The van der Waals surface area contributed by atoms with Gasteiger partial charge in [0.05, 0.1) is 0 Å². The summed E-state index contributed by atoms with van der Waals surface area (Å²) in [6, 6.07) is 0.398. The highest BCUT2D eigenvalue weighted by Crippen LogP contribution is 2.23. The predicted octanol–water partition coefficient (Wildman–Crippen LogP) is 1.84. The van der Waals surface area contributed by atoms with Gasteiger partial charge in [-0.3, -0.25) is 4.79 Å². The van der Waals surface area contributed by atoms with Gasteiger partial charge in [-0.05, 0) is 31.6 Å². The molecular formula is C12H23NO2. The quantitative estimate of drug-likeness (QED) is 0.685. The van der Waals surface area contributed by atoms with E-state index in [9.17, 15) is 4.79 Å². The maximum Gasteiger partial charge on any atom is 0.220 e. The smallest absolute Gasteiger partial charge is 0.220 e. The van der Waals surface area contributed by atoms with Crippen molar-refractivity contribution in [1.82, 2.24) is 5.32 Å². The van der Waals surface area contributed by atoms with Crippen LogP contribution in [0, 0.1) is 5.92 Å². The monoisotopic (exact) mass is 213 g/mol. The minimum absolute atomic E-state index is 0.155.